The molecular formula is C21H18F9N3O2. The van der Waals surface area contributed by atoms with Crippen LogP contribution in [0.4, 0.5) is 45.3 Å². The van der Waals surface area contributed by atoms with E-state index in [0.29, 0.717) is 0 Å². The molecule has 0 bridgehead atoms. The molecule has 5 nitrogen and oxygen atoms in total. The van der Waals surface area contributed by atoms with Gasteiger partial charge in [-0.2, -0.15) is 22.7 Å². The fraction of sp³-hybridized carbons (Fsp3) is 0.524. The Morgan fingerprint density at radius 3 is 2.17 bits per heavy atom. The predicted molar refractivity (Wildman–Crippen MR) is 103 cm³/mol. The Bertz CT molecular complexity index is 1120. The molecule has 1 heterocycles. The minimum absolute atomic E-state index is 0.141. The Labute approximate surface area is 192 Å². The van der Waals surface area contributed by atoms with E-state index in [4.69, 9.17) is 0 Å². The summed E-state index contributed by atoms with van der Waals surface area (Å²) in [6, 6.07) is 4.49. The highest BCUT2D eigenvalue weighted by molar-refractivity contribution is 5.92. The normalized spacial score (nSPS) is 22.7. The van der Waals surface area contributed by atoms with Crippen LogP contribution in [0.1, 0.15) is 37.2 Å². The second-order valence-corrected chi connectivity index (χ2v) is 8.75. The minimum atomic E-state index is -4.92. The first-order chi connectivity index (χ1) is 16.0. The lowest BCUT2D eigenvalue weighted by atomic mass is 9.74. The molecule has 2 saturated carbocycles. The fourth-order valence-electron chi connectivity index (χ4n) is 4.39. The van der Waals surface area contributed by atoms with Crippen molar-refractivity contribution in [2.75, 3.05) is 5.32 Å². The average Bonchev–Trinajstić information content (AvgIpc) is 3.00. The largest absolute Gasteiger partial charge is 0.573 e. The summed E-state index contributed by atoms with van der Waals surface area (Å²) in [4.78, 5) is 12.3. The van der Waals surface area contributed by atoms with Crippen molar-refractivity contribution in [1.29, 1.82) is 0 Å². The maximum atomic E-state index is 13.6. The zero-order valence-corrected chi connectivity index (χ0v) is 17.9. The first-order valence-corrected chi connectivity index (χ1v) is 10.4. The third kappa shape index (κ3) is 4.79. The maximum Gasteiger partial charge on any atom is 0.573 e. The Balaban J connectivity index is 1.60. The van der Waals surface area contributed by atoms with Crippen molar-refractivity contribution in [3.63, 3.8) is 0 Å². The Morgan fingerprint density at radius 2 is 1.69 bits per heavy atom. The van der Waals surface area contributed by atoms with Gasteiger partial charge in [-0.15, -0.1) is 13.2 Å². The highest BCUT2D eigenvalue weighted by Crippen LogP contribution is 2.57. The molecule has 192 valence electrons. The van der Waals surface area contributed by atoms with Crippen LogP contribution < -0.4 is 10.1 Å². The van der Waals surface area contributed by atoms with E-state index in [2.05, 4.69) is 15.2 Å². The molecule has 2 aliphatic rings. The first-order valence-electron chi connectivity index (χ1n) is 10.4. The zero-order chi connectivity index (χ0) is 26.0. The summed E-state index contributed by atoms with van der Waals surface area (Å²) in [6.45, 7) is 0. The molecule has 35 heavy (non-hydrogen) atoms. The van der Waals surface area contributed by atoms with Crippen LogP contribution in [0, 0.1) is 5.92 Å². The van der Waals surface area contributed by atoms with E-state index in [9.17, 15) is 44.3 Å². The van der Waals surface area contributed by atoms with E-state index in [1.54, 1.807) is 0 Å². The number of amides is 1. The highest BCUT2D eigenvalue weighted by atomic mass is 19.4. The molecule has 0 aliphatic heterocycles. The molecule has 1 aromatic heterocycles. The monoisotopic (exact) mass is 515 g/mol. The summed E-state index contributed by atoms with van der Waals surface area (Å²) in [5, 5.41) is 6.33. The molecule has 1 aromatic carbocycles. The molecule has 0 radical (unpaired) electrons. The van der Waals surface area contributed by atoms with Crippen LogP contribution in [0.5, 0.6) is 5.75 Å². The van der Waals surface area contributed by atoms with Crippen LogP contribution >= 0.6 is 0 Å². The molecule has 2 fully saturated rings. The predicted octanol–water partition coefficient (Wildman–Crippen LogP) is 6.12. The van der Waals surface area contributed by atoms with Gasteiger partial charge in [-0.1, -0.05) is 0 Å². The quantitative estimate of drug-likeness (QED) is 0.472. The van der Waals surface area contributed by atoms with E-state index >= 15 is 0 Å². The van der Waals surface area contributed by atoms with Crippen LogP contribution in [0.2, 0.25) is 0 Å². The van der Waals surface area contributed by atoms with Crippen LogP contribution in [0.25, 0.3) is 11.3 Å². The van der Waals surface area contributed by atoms with Gasteiger partial charge in [0.2, 0.25) is 11.8 Å². The number of ether oxygens (including phenoxy) is 1. The third-order valence-corrected chi connectivity index (χ3v) is 6.14. The molecule has 1 atom stereocenters. The number of hydrogen-bond acceptors (Lipinski definition) is 3. The summed E-state index contributed by atoms with van der Waals surface area (Å²) in [6.07, 6.45) is -8.23. The lowest BCUT2D eigenvalue weighted by molar-refractivity contribution is -0.313. The second kappa shape index (κ2) is 8.05. The van der Waals surface area contributed by atoms with Crippen LogP contribution in [-0.4, -0.2) is 39.8 Å². The smallest absolute Gasteiger partial charge is 0.406 e. The highest BCUT2D eigenvalue weighted by Gasteiger charge is 2.71. The third-order valence-electron chi connectivity index (χ3n) is 6.14. The van der Waals surface area contributed by atoms with E-state index in [0.717, 1.165) is 12.1 Å². The molecule has 0 spiro atoms. The molecule has 0 saturated heterocycles. The summed E-state index contributed by atoms with van der Waals surface area (Å²) in [5.41, 5.74) is 0.618. The molecule has 1 amide bonds. The number of benzene rings is 1. The first kappa shape index (κ1) is 25.2. The molecule has 2 aromatic rings. The second-order valence-electron chi connectivity index (χ2n) is 8.75. The van der Waals surface area contributed by atoms with Crippen LogP contribution in [0.3, 0.4) is 0 Å². The Hall–Kier alpha value is -2.93. The lowest BCUT2D eigenvalue weighted by Gasteiger charge is -2.43. The number of anilines is 1. The number of aryl methyl sites for hydroxylation is 1. The van der Waals surface area contributed by atoms with Gasteiger partial charge in [0, 0.05) is 55.7 Å². The standard InChI is InChI=1S/C21H18F9N3O2/c1-33-16(10-2-4-13(5-3-10)35-21(28,29)30)15(11-7-18(22,23)8-11)17(32-33)31-14(34)6-12-9-19(24,25)20(12,26)27/h2-5,11-12H,6-9H2,1H3,(H,31,32,34)/t12-/m0/s1. The van der Waals surface area contributed by atoms with Gasteiger partial charge in [-0.3, -0.25) is 9.48 Å². The summed E-state index contributed by atoms with van der Waals surface area (Å²) < 4.78 is 123. The van der Waals surface area contributed by atoms with Gasteiger partial charge in [0.1, 0.15) is 5.75 Å². The Morgan fingerprint density at radius 1 is 1.09 bits per heavy atom. The van der Waals surface area contributed by atoms with Gasteiger partial charge in [0.05, 0.1) is 5.69 Å². The number of carbonyl (C=O) groups is 1. The number of halogens is 9. The average molecular weight is 515 g/mol. The van der Waals surface area contributed by atoms with Gasteiger partial charge in [0.25, 0.3) is 0 Å². The zero-order valence-electron chi connectivity index (χ0n) is 17.9. The van der Waals surface area contributed by atoms with Gasteiger partial charge >= 0.3 is 18.2 Å². The number of carbonyl (C=O) groups excluding carboxylic acids is 1. The van der Waals surface area contributed by atoms with E-state index in [-0.39, 0.29) is 22.6 Å². The van der Waals surface area contributed by atoms with Crippen LogP contribution in [0.15, 0.2) is 24.3 Å². The van der Waals surface area contributed by atoms with Gasteiger partial charge in [0.15, 0.2) is 5.82 Å². The van der Waals surface area contributed by atoms with Crippen molar-refractivity contribution in [2.45, 2.75) is 55.7 Å². The number of hydrogen-bond donors (Lipinski definition) is 1. The summed E-state index contributed by atoms with van der Waals surface area (Å²) in [7, 11) is 1.39. The summed E-state index contributed by atoms with van der Waals surface area (Å²) in [5.74, 6) is -16.0. The van der Waals surface area contributed by atoms with E-state index in [1.807, 2.05) is 0 Å². The topological polar surface area (TPSA) is 56.2 Å². The van der Waals surface area contributed by atoms with Crippen LogP contribution in [-0.2, 0) is 11.8 Å². The Kier molecular flexibility index (Phi) is 5.79. The molecule has 4 rings (SSSR count). The maximum absolute atomic E-state index is 13.6. The van der Waals surface area contributed by atoms with Crippen molar-refractivity contribution < 1.29 is 49.0 Å². The van der Waals surface area contributed by atoms with Crippen molar-refractivity contribution in [1.82, 2.24) is 9.78 Å². The van der Waals surface area contributed by atoms with E-state index < -0.39 is 73.3 Å². The van der Waals surface area contributed by atoms with Crippen molar-refractivity contribution >= 4 is 11.7 Å². The number of nitrogens with one attached hydrogen (secondary N) is 1. The number of rotatable bonds is 6. The number of nitrogens with zero attached hydrogens (tertiary/aromatic N) is 2. The minimum Gasteiger partial charge on any atom is -0.406 e. The molecule has 2 aliphatic carbocycles. The van der Waals surface area contributed by atoms with Gasteiger partial charge in [-0.05, 0) is 24.3 Å². The van der Waals surface area contributed by atoms with Crippen molar-refractivity contribution in [3.8, 4) is 17.0 Å². The molecule has 0 unspecified atom stereocenters. The van der Waals surface area contributed by atoms with Gasteiger partial charge in [-0.25, -0.2) is 8.78 Å². The molecule has 1 N–H and O–H groups in total. The summed E-state index contributed by atoms with van der Waals surface area (Å²) >= 11 is 0. The van der Waals surface area contributed by atoms with Gasteiger partial charge < -0.3 is 10.1 Å². The van der Waals surface area contributed by atoms with E-state index in [1.165, 1.54) is 23.9 Å². The fourth-order valence-corrected chi connectivity index (χ4v) is 4.39. The SMILES string of the molecule is Cn1nc(NC(=O)C[C@H]2CC(F)(F)C2(F)F)c(C2CC(F)(F)C2)c1-c1ccc(OC(F)(F)F)cc1. The van der Waals surface area contributed by atoms with Crippen molar-refractivity contribution in [3.05, 3.63) is 29.8 Å². The molecular weight excluding hydrogens is 497 g/mol. The number of aromatic nitrogens is 2. The lowest BCUT2D eigenvalue weighted by Crippen LogP contribution is -2.59. The number of alkyl halides is 9. The molecule has 14 heteroatoms. The van der Waals surface area contributed by atoms with Crippen molar-refractivity contribution in [2.24, 2.45) is 13.0 Å².